The maximum absolute atomic E-state index is 10.3. The molecule has 0 aromatic heterocycles. The van der Waals surface area contributed by atoms with Crippen molar-refractivity contribution in [2.75, 3.05) is 0 Å². The van der Waals surface area contributed by atoms with Crippen LogP contribution in [0.5, 0.6) is 11.5 Å². The van der Waals surface area contributed by atoms with Gasteiger partial charge >= 0.3 is 0 Å². The normalized spacial score (nSPS) is 9.33. The molecule has 2 N–H and O–H groups in total. The summed E-state index contributed by atoms with van der Waals surface area (Å²) in [5.74, 6) is -0.465. The zero-order valence-electron chi connectivity index (χ0n) is 6.32. The maximum Gasteiger partial charge on any atom is 0.158 e. The van der Waals surface area contributed by atoms with Gasteiger partial charge in [0.1, 0.15) is 6.29 Å². The molecule has 3 heteroatoms. The van der Waals surface area contributed by atoms with E-state index in [2.05, 4.69) is 6.58 Å². The van der Waals surface area contributed by atoms with E-state index in [0.717, 1.165) is 0 Å². The van der Waals surface area contributed by atoms with Crippen LogP contribution in [0.25, 0.3) is 5.57 Å². The van der Waals surface area contributed by atoms with Gasteiger partial charge in [-0.3, -0.25) is 4.79 Å². The number of benzene rings is 1. The molecule has 0 spiro atoms. The quantitative estimate of drug-likeness (QED) is 0.393. The van der Waals surface area contributed by atoms with Gasteiger partial charge in [0.25, 0.3) is 0 Å². The Hall–Kier alpha value is -1.77. The lowest BCUT2D eigenvalue weighted by molar-refractivity contribution is -0.103. The number of phenols is 2. The molecule has 0 fully saturated rings. The Kier molecular flexibility index (Phi) is 2.14. The van der Waals surface area contributed by atoms with Crippen molar-refractivity contribution in [3.8, 4) is 11.5 Å². The van der Waals surface area contributed by atoms with Crippen molar-refractivity contribution >= 4 is 11.9 Å². The fourth-order valence-corrected chi connectivity index (χ4v) is 0.791. The van der Waals surface area contributed by atoms with E-state index in [1.807, 2.05) is 0 Å². The Labute approximate surface area is 69.6 Å². The molecule has 62 valence electrons. The molecule has 1 aromatic carbocycles. The molecule has 3 nitrogen and oxygen atoms in total. The molecule has 12 heavy (non-hydrogen) atoms. The zero-order chi connectivity index (χ0) is 9.14. The monoisotopic (exact) mass is 164 g/mol. The third-order valence-corrected chi connectivity index (χ3v) is 1.49. The van der Waals surface area contributed by atoms with Crippen LogP contribution in [0, 0.1) is 0 Å². The highest BCUT2D eigenvalue weighted by atomic mass is 16.3. The van der Waals surface area contributed by atoms with Crippen LogP contribution in [-0.2, 0) is 4.79 Å². The summed E-state index contributed by atoms with van der Waals surface area (Å²) in [7, 11) is 0. The van der Waals surface area contributed by atoms with Gasteiger partial charge in [-0.15, -0.1) is 0 Å². The van der Waals surface area contributed by atoms with Crippen LogP contribution in [0.4, 0.5) is 0 Å². The molecule has 0 aliphatic carbocycles. The van der Waals surface area contributed by atoms with Gasteiger partial charge in [-0.25, -0.2) is 0 Å². The minimum Gasteiger partial charge on any atom is -0.504 e. The topological polar surface area (TPSA) is 57.5 Å². The third-order valence-electron chi connectivity index (χ3n) is 1.49. The van der Waals surface area contributed by atoms with Gasteiger partial charge in [-0.1, -0.05) is 12.6 Å². The summed E-state index contributed by atoms with van der Waals surface area (Å²) in [6.07, 6.45) is 0.589. The Morgan fingerprint density at radius 2 is 2.00 bits per heavy atom. The minimum atomic E-state index is -0.254. The lowest BCUT2D eigenvalue weighted by Crippen LogP contribution is -1.82. The van der Waals surface area contributed by atoms with Crippen LogP contribution in [-0.4, -0.2) is 16.5 Å². The van der Waals surface area contributed by atoms with E-state index < -0.39 is 0 Å². The summed E-state index contributed by atoms with van der Waals surface area (Å²) >= 11 is 0. The molecule has 0 radical (unpaired) electrons. The van der Waals surface area contributed by atoms with Gasteiger partial charge in [0.05, 0.1) is 0 Å². The molecule has 0 aliphatic rings. The summed E-state index contributed by atoms with van der Waals surface area (Å²) in [5, 5.41) is 18.0. The first-order valence-corrected chi connectivity index (χ1v) is 3.31. The molecule has 0 amide bonds. The number of hydrogen-bond donors (Lipinski definition) is 2. The first kappa shape index (κ1) is 8.33. The maximum atomic E-state index is 10.3. The first-order valence-electron chi connectivity index (χ1n) is 3.31. The number of aromatic hydroxyl groups is 2. The zero-order valence-corrected chi connectivity index (χ0v) is 6.32. The Balaban J connectivity index is 3.13. The van der Waals surface area contributed by atoms with E-state index >= 15 is 0 Å². The molecular weight excluding hydrogens is 156 g/mol. The average Bonchev–Trinajstić information content (AvgIpc) is 2.08. The fraction of sp³-hybridized carbons (Fsp3) is 0. The summed E-state index contributed by atoms with van der Waals surface area (Å²) in [4.78, 5) is 10.3. The third kappa shape index (κ3) is 1.45. The van der Waals surface area contributed by atoms with E-state index in [9.17, 15) is 4.79 Å². The average molecular weight is 164 g/mol. The summed E-state index contributed by atoms with van der Waals surface area (Å²) in [5.41, 5.74) is 0.769. The van der Waals surface area contributed by atoms with Gasteiger partial charge in [0, 0.05) is 5.57 Å². The summed E-state index contributed by atoms with van der Waals surface area (Å²) in [6, 6.07) is 4.09. The second-order valence-corrected chi connectivity index (χ2v) is 2.35. The number of allylic oxidation sites excluding steroid dienone is 1. The second-order valence-electron chi connectivity index (χ2n) is 2.35. The van der Waals surface area contributed by atoms with E-state index in [1.165, 1.54) is 18.2 Å². The molecule has 0 aliphatic heterocycles. The van der Waals surface area contributed by atoms with Crippen LogP contribution in [0.2, 0.25) is 0 Å². The molecular formula is C9H8O3. The molecule has 0 saturated heterocycles. The van der Waals surface area contributed by atoms with E-state index in [-0.39, 0.29) is 17.1 Å². The van der Waals surface area contributed by atoms with E-state index in [1.54, 1.807) is 0 Å². The van der Waals surface area contributed by atoms with Gasteiger partial charge < -0.3 is 10.2 Å². The molecule has 1 aromatic rings. The molecule has 0 heterocycles. The Morgan fingerprint density at radius 3 is 2.50 bits per heavy atom. The smallest absolute Gasteiger partial charge is 0.158 e. The second kappa shape index (κ2) is 3.09. The van der Waals surface area contributed by atoms with Crippen LogP contribution < -0.4 is 0 Å². The largest absolute Gasteiger partial charge is 0.504 e. The van der Waals surface area contributed by atoms with Crippen LogP contribution in [0.3, 0.4) is 0 Å². The molecule has 0 atom stereocenters. The minimum absolute atomic E-state index is 0.211. The molecule has 0 unspecified atom stereocenters. The highest BCUT2D eigenvalue weighted by molar-refractivity contribution is 6.05. The van der Waals surface area contributed by atoms with Crippen molar-refractivity contribution in [1.82, 2.24) is 0 Å². The predicted octanol–water partition coefficient (Wildman–Crippen LogP) is 1.31. The van der Waals surface area contributed by atoms with Crippen LogP contribution >= 0.6 is 0 Å². The van der Waals surface area contributed by atoms with Crippen LogP contribution in [0.1, 0.15) is 5.56 Å². The summed E-state index contributed by atoms with van der Waals surface area (Å²) < 4.78 is 0. The van der Waals surface area contributed by atoms with E-state index in [4.69, 9.17) is 10.2 Å². The standard InChI is InChI=1S/C9H8O3/c1-6(5-10)7-2-3-8(11)9(12)4-7/h2-5,11-12H,1H2. The fourth-order valence-electron chi connectivity index (χ4n) is 0.791. The molecule has 0 saturated carbocycles. The van der Waals surface area contributed by atoms with Crippen molar-refractivity contribution in [3.63, 3.8) is 0 Å². The number of carbonyl (C=O) groups excluding carboxylic acids is 1. The van der Waals surface area contributed by atoms with Gasteiger partial charge in [-0.05, 0) is 17.7 Å². The SMILES string of the molecule is C=C(C=O)c1ccc(O)c(O)c1. The van der Waals surface area contributed by atoms with Gasteiger partial charge in [0.15, 0.2) is 11.5 Å². The number of carbonyl (C=O) groups is 1. The number of hydrogen-bond acceptors (Lipinski definition) is 3. The number of aldehydes is 1. The van der Waals surface area contributed by atoms with Gasteiger partial charge in [0.2, 0.25) is 0 Å². The van der Waals surface area contributed by atoms with E-state index in [0.29, 0.717) is 11.8 Å². The van der Waals surface area contributed by atoms with Crippen molar-refractivity contribution in [2.24, 2.45) is 0 Å². The predicted molar refractivity (Wildman–Crippen MR) is 44.9 cm³/mol. The summed E-state index contributed by atoms with van der Waals surface area (Å²) in [6.45, 7) is 3.45. The van der Waals surface area contributed by atoms with Crippen molar-refractivity contribution in [2.45, 2.75) is 0 Å². The van der Waals surface area contributed by atoms with Crippen molar-refractivity contribution < 1.29 is 15.0 Å². The number of rotatable bonds is 2. The van der Waals surface area contributed by atoms with Crippen LogP contribution in [0.15, 0.2) is 24.8 Å². The van der Waals surface area contributed by atoms with Crippen molar-refractivity contribution in [1.29, 1.82) is 0 Å². The lowest BCUT2D eigenvalue weighted by atomic mass is 10.1. The number of phenolic OH excluding ortho intramolecular Hbond substituents is 2. The van der Waals surface area contributed by atoms with Crippen molar-refractivity contribution in [3.05, 3.63) is 30.3 Å². The van der Waals surface area contributed by atoms with Gasteiger partial charge in [-0.2, -0.15) is 0 Å². The molecule has 0 bridgehead atoms. The lowest BCUT2D eigenvalue weighted by Gasteiger charge is -2.00. The molecule has 1 rings (SSSR count). The Morgan fingerprint density at radius 1 is 1.33 bits per heavy atom. The Bertz CT molecular complexity index is 329. The first-order chi connectivity index (χ1) is 5.65. The highest BCUT2D eigenvalue weighted by Gasteiger charge is 2.02. The highest BCUT2D eigenvalue weighted by Crippen LogP contribution is 2.26.